The van der Waals surface area contributed by atoms with Crippen molar-refractivity contribution in [3.63, 3.8) is 0 Å². The van der Waals surface area contributed by atoms with E-state index < -0.39 is 5.91 Å². The van der Waals surface area contributed by atoms with E-state index in [2.05, 4.69) is 4.99 Å². The van der Waals surface area contributed by atoms with Gasteiger partial charge in [0.25, 0.3) is 5.91 Å². The van der Waals surface area contributed by atoms with Crippen LogP contribution in [-0.2, 0) is 14.3 Å². The second kappa shape index (κ2) is 3.25. The van der Waals surface area contributed by atoms with Gasteiger partial charge in [0, 0.05) is 6.61 Å². The number of hydrogen-bond acceptors (Lipinski definition) is 3. The minimum Gasteiger partial charge on any atom is -0.381 e. The molecule has 1 unspecified atom stereocenters. The van der Waals surface area contributed by atoms with E-state index in [4.69, 9.17) is 4.74 Å². The van der Waals surface area contributed by atoms with Crippen LogP contribution < -0.4 is 0 Å². The van der Waals surface area contributed by atoms with Crippen molar-refractivity contribution in [2.45, 2.75) is 6.42 Å². The SMILES string of the molecule is O=C=NC(=O)C1CCOC1. The molecule has 0 N–H and O–H groups in total. The molecular formula is C6H7NO3. The molecule has 0 aliphatic carbocycles. The minimum atomic E-state index is -0.410. The Morgan fingerprint density at radius 3 is 3.00 bits per heavy atom. The summed E-state index contributed by atoms with van der Waals surface area (Å²) in [4.78, 5) is 23.3. The molecule has 10 heavy (non-hydrogen) atoms. The van der Waals surface area contributed by atoms with Crippen molar-refractivity contribution in [3.8, 4) is 0 Å². The van der Waals surface area contributed by atoms with E-state index in [1.165, 1.54) is 6.08 Å². The molecule has 1 aliphatic rings. The average Bonchev–Trinajstić information content (AvgIpc) is 2.38. The molecule has 0 saturated carbocycles. The zero-order chi connectivity index (χ0) is 7.40. The number of amides is 1. The van der Waals surface area contributed by atoms with E-state index in [1.807, 2.05) is 0 Å². The van der Waals surface area contributed by atoms with Crippen LogP contribution in [0.3, 0.4) is 0 Å². The quantitative estimate of drug-likeness (QED) is 0.378. The van der Waals surface area contributed by atoms with Gasteiger partial charge in [-0.15, -0.1) is 4.99 Å². The van der Waals surface area contributed by atoms with Crippen molar-refractivity contribution in [1.82, 2.24) is 0 Å². The Balaban J connectivity index is 2.47. The van der Waals surface area contributed by atoms with E-state index >= 15 is 0 Å². The van der Waals surface area contributed by atoms with Crippen LogP contribution in [-0.4, -0.2) is 25.2 Å². The van der Waals surface area contributed by atoms with E-state index in [1.54, 1.807) is 0 Å². The Labute approximate surface area is 57.9 Å². The number of hydrogen-bond donors (Lipinski definition) is 0. The summed E-state index contributed by atoms with van der Waals surface area (Å²) in [5.41, 5.74) is 0. The molecule has 0 aromatic carbocycles. The van der Waals surface area contributed by atoms with Crippen LogP contribution in [0, 0.1) is 5.92 Å². The molecule has 0 aromatic heterocycles. The normalized spacial score (nSPS) is 23.8. The van der Waals surface area contributed by atoms with Crippen LogP contribution in [0.15, 0.2) is 4.99 Å². The molecule has 1 heterocycles. The fourth-order valence-electron chi connectivity index (χ4n) is 0.866. The highest BCUT2D eigenvalue weighted by molar-refractivity contribution is 5.83. The third kappa shape index (κ3) is 1.50. The van der Waals surface area contributed by atoms with Crippen molar-refractivity contribution in [3.05, 3.63) is 0 Å². The standard InChI is InChI=1S/C6H7NO3/c8-4-7-6(9)5-1-2-10-3-5/h5H,1-3H2. The molecule has 1 amide bonds. The number of isocyanates is 1. The molecule has 1 atom stereocenters. The molecule has 4 heteroatoms. The summed E-state index contributed by atoms with van der Waals surface area (Å²) < 4.78 is 4.91. The molecular weight excluding hydrogens is 134 g/mol. The average molecular weight is 141 g/mol. The summed E-state index contributed by atoms with van der Waals surface area (Å²) in [5, 5.41) is 0. The molecule has 1 saturated heterocycles. The first-order chi connectivity index (χ1) is 4.84. The maximum absolute atomic E-state index is 10.7. The zero-order valence-electron chi connectivity index (χ0n) is 5.37. The van der Waals surface area contributed by atoms with Crippen LogP contribution in [0.25, 0.3) is 0 Å². The molecule has 54 valence electrons. The third-order valence-electron chi connectivity index (χ3n) is 1.43. The Kier molecular flexibility index (Phi) is 2.31. The minimum absolute atomic E-state index is 0.207. The summed E-state index contributed by atoms with van der Waals surface area (Å²) >= 11 is 0. The molecule has 0 radical (unpaired) electrons. The highest BCUT2D eigenvalue weighted by Gasteiger charge is 2.22. The van der Waals surface area contributed by atoms with E-state index in [0.717, 1.165) is 0 Å². The number of carbonyl (C=O) groups is 1. The predicted octanol–water partition coefficient (Wildman–Crippen LogP) is -0.115. The lowest BCUT2D eigenvalue weighted by atomic mass is 10.1. The summed E-state index contributed by atoms with van der Waals surface area (Å²) in [6, 6.07) is 0. The van der Waals surface area contributed by atoms with Crippen molar-refractivity contribution in [2.24, 2.45) is 10.9 Å². The number of carbonyl (C=O) groups excluding carboxylic acids is 2. The lowest BCUT2D eigenvalue weighted by Crippen LogP contribution is -2.10. The second-order valence-electron chi connectivity index (χ2n) is 2.10. The van der Waals surface area contributed by atoms with E-state index in [-0.39, 0.29) is 5.92 Å². The van der Waals surface area contributed by atoms with Gasteiger partial charge in [0.1, 0.15) is 0 Å². The Hall–Kier alpha value is -0.990. The third-order valence-corrected chi connectivity index (χ3v) is 1.43. The van der Waals surface area contributed by atoms with Gasteiger partial charge in [-0.3, -0.25) is 4.79 Å². The van der Waals surface area contributed by atoms with Gasteiger partial charge in [-0.2, -0.15) is 0 Å². The van der Waals surface area contributed by atoms with Gasteiger partial charge in [-0.25, -0.2) is 4.79 Å². The first-order valence-electron chi connectivity index (χ1n) is 3.04. The van der Waals surface area contributed by atoms with Crippen LogP contribution in [0.1, 0.15) is 6.42 Å². The van der Waals surface area contributed by atoms with E-state index in [0.29, 0.717) is 19.6 Å². The predicted molar refractivity (Wildman–Crippen MR) is 32.1 cm³/mol. The number of rotatable bonds is 1. The number of aliphatic imine (C=N–C) groups is 1. The Morgan fingerprint density at radius 1 is 1.70 bits per heavy atom. The summed E-state index contributed by atoms with van der Waals surface area (Å²) in [6.07, 6.45) is 1.88. The van der Waals surface area contributed by atoms with Crippen molar-refractivity contribution < 1.29 is 14.3 Å². The number of ether oxygens (including phenoxy) is 1. The molecule has 0 spiro atoms. The highest BCUT2D eigenvalue weighted by atomic mass is 16.5. The fraction of sp³-hybridized carbons (Fsp3) is 0.667. The largest absolute Gasteiger partial charge is 0.381 e. The van der Waals surface area contributed by atoms with Gasteiger partial charge in [0.2, 0.25) is 6.08 Å². The highest BCUT2D eigenvalue weighted by Crippen LogP contribution is 2.12. The molecule has 1 aliphatic heterocycles. The monoisotopic (exact) mass is 141 g/mol. The van der Waals surface area contributed by atoms with Crippen molar-refractivity contribution in [1.29, 1.82) is 0 Å². The van der Waals surface area contributed by atoms with Crippen LogP contribution in [0.4, 0.5) is 0 Å². The van der Waals surface area contributed by atoms with Gasteiger partial charge in [0.05, 0.1) is 12.5 Å². The van der Waals surface area contributed by atoms with Crippen molar-refractivity contribution >= 4 is 12.0 Å². The zero-order valence-corrected chi connectivity index (χ0v) is 5.37. The molecule has 1 fully saturated rings. The van der Waals surface area contributed by atoms with Crippen molar-refractivity contribution in [2.75, 3.05) is 13.2 Å². The molecule has 4 nitrogen and oxygen atoms in total. The fourth-order valence-corrected chi connectivity index (χ4v) is 0.866. The first-order valence-corrected chi connectivity index (χ1v) is 3.04. The molecule has 1 rings (SSSR count). The smallest absolute Gasteiger partial charge is 0.261 e. The van der Waals surface area contributed by atoms with Crippen LogP contribution in [0.5, 0.6) is 0 Å². The Morgan fingerprint density at radius 2 is 2.50 bits per heavy atom. The van der Waals surface area contributed by atoms with Gasteiger partial charge >= 0.3 is 0 Å². The Bertz CT molecular complexity index is 177. The lowest BCUT2D eigenvalue weighted by molar-refractivity contribution is -0.121. The maximum atomic E-state index is 10.7. The van der Waals surface area contributed by atoms with Gasteiger partial charge in [0.15, 0.2) is 0 Å². The molecule has 0 aromatic rings. The van der Waals surface area contributed by atoms with Crippen LogP contribution in [0.2, 0.25) is 0 Å². The number of nitrogens with zero attached hydrogens (tertiary/aromatic N) is 1. The first kappa shape index (κ1) is 7.12. The van der Waals surface area contributed by atoms with Crippen LogP contribution >= 0.6 is 0 Å². The second-order valence-corrected chi connectivity index (χ2v) is 2.10. The van der Waals surface area contributed by atoms with E-state index in [9.17, 15) is 9.59 Å². The summed E-state index contributed by atoms with van der Waals surface area (Å²) in [7, 11) is 0. The van der Waals surface area contributed by atoms with Gasteiger partial charge < -0.3 is 4.74 Å². The topological polar surface area (TPSA) is 55.7 Å². The maximum Gasteiger partial charge on any atom is 0.261 e. The van der Waals surface area contributed by atoms with Gasteiger partial charge in [-0.1, -0.05) is 0 Å². The van der Waals surface area contributed by atoms with Gasteiger partial charge in [-0.05, 0) is 6.42 Å². The lowest BCUT2D eigenvalue weighted by Gasteiger charge is -1.96. The molecule has 0 bridgehead atoms. The summed E-state index contributed by atoms with van der Waals surface area (Å²) in [6.45, 7) is 0.981. The summed E-state index contributed by atoms with van der Waals surface area (Å²) in [5.74, 6) is -0.617.